The minimum atomic E-state index is -3.38. The smallest absolute Gasteiger partial charge is 0.220 e. The van der Waals surface area contributed by atoms with Crippen LogP contribution >= 0.6 is 24.0 Å². The van der Waals surface area contributed by atoms with Crippen molar-refractivity contribution >= 4 is 40.0 Å². The number of halogens is 1. The fourth-order valence-electron chi connectivity index (χ4n) is 3.33. The largest absolute Gasteiger partial charge is 0.364 e. The van der Waals surface area contributed by atoms with E-state index < -0.39 is 10.0 Å². The zero-order chi connectivity index (χ0) is 19.4. The van der Waals surface area contributed by atoms with E-state index in [0.29, 0.717) is 37.9 Å². The molecule has 0 aromatic carbocycles. The maximum Gasteiger partial charge on any atom is 0.220 e. The highest BCUT2D eigenvalue weighted by Gasteiger charge is 2.31. The van der Waals surface area contributed by atoms with Crippen LogP contribution < -0.4 is 5.32 Å². The Kier molecular flexibility index (Phi) is 8.52. The summed E-state index contributed by atoms with van der Waals surface area (Å²) >= 11 is 0. The first-order valence-electron chi connectivity index (χ1n) is 9.45. The summed E-state index contributed by atoms with van der Waals surface area (Å²) < 4.78 is 31.3. The van der Waals surface area contributed by atoms with Gasteiger partial charge in [0.25, 0.3) is 0 Å². The molecule has 28 heavy (non-hydrogen) atoms. The van der Waals surface area contributed by atoms with E-state index in [1.807, 2.05) is 0 Å². The molecule has 1 N–H and O–H groups in total. The van der Waals surface area contributed by atoms with Gasteiger partial charge in [-0.1, -0.05) is 5.16 Å². The van der Waals surface area contributed by atoms with Gasteiger partial charge < -0.3 is 14.7 Å². The number of nitrogens with zero attached hydrogens (tertiary/aromatic N) is 5. The third-order valence-electron chi connectivity index (χ3n) is 5.34. The predicted octanol–water partition coefficient (Wildman–Crippen LogP) is 0.798. The number of sulfonamides is 1. The molecule has 2 aliphatic rings. The molecule has 11 heteroatoms. The Morgan fingerprint density at radius 3 is 2.61 bits per heavy atom. The van der Waals surface area contributed by atoms with E-state index in [-0.39, 0.29) is 29.7 Å². The van der Waals surface area contributed by atoms with Crippen molar-refractivity contribution in [3.05, 3.63) is 18.0 Å². The van der Waals surface area contributed by atoms with Crippen LogP contribution in [0.15, 0.2) is 21.8 Å². The number of hydrogen-bond donors (Lipinski definition) is 1. The summed E-state index contributed by atoms with van der Waals surface area (Å²) in [6, 6.07) is 2.74. The van der Waals surface area contributed by atoms with Gasteiger partial charge in [-0.05, 0) is 26.8 Å². The highest BCUT2D eigenvalue weighted by Crippen LogP contribution is 2.26. The highest BCUT2D eigenvalue weighted by molar-refractivity contribution is 14.0. The molecular weight excluding hydrogens is 495 g/mol. The third-order valence-corrected chi connectivity index (χ3v) is 7.15. The third kappa shape index (κ3) is 6.04. The molecule has 0 amide bonds. The molecule has 9 nitrogen and oxygen atoms in total. The van der Waals surface area contributed by atoms with Crippen molar-refractivity contribution in [1.82, 2.24) is 24.6 Å². The van der Waals surface area contributed by atoms with Gasteiger partial charge in [-0.3, -0.25) is 9.89 Å². The maximum atomic E-state index is 12.5. The molecule has 1 saturated carbocycles. The number of piperazine rings is 1. The second-order valence-electron chi connectivity index (χ2n) is 7.31. The first-order valence-corrected chi connectivity index (χ1v) is 11.1. The van der Waals surface area contributed by atoms with Crippen LogP contribution in [-0.2, 0) is 15.8 Å². The molecule has 0 spiro atoms. The fraction of sp³-hybridized carbons (Fsp3) is 0.765. The van der Waals surface area contributed by atoms with Crippen LogP contribution in [0, 0.1) is 0 Å². The van der Waals surface area contributed by atoms with Crippen LogP contribution in [0.3, 0.4) is 0 Å². The van der Waals surface area contributed by atoms with Gasteiger partial charge in [-0.25, -0.2) is 8.42 Å². The van der Waals surface area contributed by atoms with E-state index in [4.69, 9.17) is 4.52 Å². The molecule has 1 atom stereocenters. The van der Waals surface area contributed by atoms with E-state index in [9.17, 15) is 8.42 Å². The molecule has 0 bridgehead atoms. The molecular formula is C17H31IN6O3S. The predicted molar refractivity (Wildman–Crippen MR) is 119 cm³/mol. The standard InChI is InChI=1S/C17H30N6O3S.HI/c1-14(21(3)16-4-5-16)12-19-17(18-2)22-7-9-23(10-8-22)27(24,25)13-15-6-11-26-20-15;/h6,11,14,16H,4-5,7-10,12-13H2,1-3H3,(H,18,19);1H. The van der Waals surface area contributed by atoms with Crippen LogP contribution in [0.1, 0.15) is 25.5 Å². The second kappa shape index (κ2) is 10.2. The number of guanidine groups is 1. The maximum absolute atomic E-state index is 12.5. The van der Waals surface area contributed by atoms with E-state index in [1.54, 1.807) is 13.1 Å². The molecule has 2 heterocycles. The van der Waals surface area contributed by atoms with E-state index >= 15 is 0 Å². The lowest BCUT2D eigenvalue weighted by molar-refractivity contribution is 0.237. The zero-order valence-corrected chi connectivity index (χ0v) is 19.9. The molecule has 160 valence electrons. The van der Waals surface area contributed by atoms with Gasteiger partial charge >= 0.3 is 0 Å². The lowest BCUT2D eigenvalue weighted by Gasteiger charge is -2.36. The van der Waals surface area contributed by atoms with Crippen LogP contribution in [0.4, 0.5) is 0 Å². The Balaban J connectivity index is 0.00000280. The molecule has 1 aromatic rings. The number of aromatic nitrogens is 1. The van der Waals surface area contributed by atoms with Crippen LogP contribution in [0.25, 0.3) is 0 Å². The summed E-state index contributed by atoms with van der Waals surface area (Å²) in [6.45, 7) is 5.16. The summed E-state index contributed by atoms with van der Waals surface area (Å²) in [5.41, 5.74) is 0.434. The van der Waals surface area contributed by atoms with Crippen molar-refractivity contribution in [1.29, 1.82) is 0 Å². The summed E-state index contributed by atoms with van der Waals surface area (Å²) in [4.78, 5) is 8.90. The summed E-state index contributed by atoms with van der Waals surface area (Å²) in [5, 5.41) is 7.14. The minimum Gasteiger partial charge on any atom is -0.364 e. The zero-order valence-electron chi connectivity index (χ0n) is 16.7. The van der Waals surface area contributed by atoms with Crippen molar-refractivity contribution in [2.45, 2.75) is 37.6 Å². The van der Waals surface area contributed by atoms with Gasteiger partial charge in [0.05, 0.1) is 5.69 Å². The van der Waals surface area contributed by atoms with Crippen LogP contribution in [0.5, 0.6) is 0 Å². The van der Waals surface area contributed by atoms with Crippen molar-refractivity contribution in [2.24, 2.45) is 4.99 Å². The number of nitrogens with one attached hydrogen (secondary N) is 1. The fourth-order valence-corrected chi connectivity index (χ4v) is 4.75. The quantitative estimate of drug-likeness (QED) is 0.319. The molecule has 1 unspecified atom stereocenters. The second-order valence-corrected chi connectivity index (χ2v) is 9.28. The van der Waals surface area contributed by atoms with Crippen LogP contribution in [-0.4, -0.2) is 92.5 Å². The van der Waals surface area contributed by atoms with Gasteiger partial charge in [-0.2, -0.15) is 4.31 Å². The van der Waals surface area contributed by atoms with E-state index in [2.05, 4.69) is 39.2 Å². The summed E-state index contributed by atoms with van der Waals surface area (Å²) in [6.07, 6.45) is 3.97. The van der Waals surface area contributed by atoms with Gasteiger partial charge in [0.2, 0.25) is 10.0 Å². The van der Waals surface area contributed by atoms with Gasteiger partial charge in [0, 0.05) is 57.9 Å². The molecule has 3 rings (SSSR count). The van der Waals surface area contributed by atoms with Gasteiger partial charge in [0.1, 0.15) is 12.0 Å². The Morgan fingerprint density at radius 2 is 2.07 bits per heavy atom. The molecule has 1 saturated heterocycles. The average molecular weight is 526 g/mol. The summed E-state index contributed by atoms with van der Waals surface area (Å²) in [5.74, 6) is 0.709. The van der Waals surface area contributed by atoms with E-state index in [0.717, 1.165) is 18.5 Å². The molecule has 1 aromatic heterocycles. The number of rotatable bonds is 7. The molecule has 2 fully saturated rings. The van der Waals surface area contributed by atoms with Crippen molar-refractivity contribution in [3.63, 3.8) is 0 Å². The summed E-state index contributed by atoms with van der Waals surface area (Å²) in [7, 11) is 0.557. The van der Waals surface area contributed by atoms with E-state index in [1.165, 1.54) is 23.4 Å². The number of aliphatic imine (C=N–C) groups is 1. The molecule has 1 aliphatic heterocycles. The minimum absolute atomic E-state index is 0. The topological polar surface area (TPSA) is 94.3 Å². The Labute approximate surface area is 184 Å². The van der Waals surface area contributed by atoms with Crippen molar-refractivity contribution in [2.75, 3.05) is 46.8 Å². The highest BCUT2D eigenvalue weighted by atomic mass is 127. The first-order chi connectivity index (χ1) is 12.9. The molecule has 0 radical (unpaired) electrons. The Hall–Kier alpha value is -0.920. The lowest BCUT2D eigenvalue weighted by Crippen LogP contribution is -2.55. The lowest BCUT2D eigenvalue weighted by atomic mass is 10.3. The first kappa shape index (κ1) is 23.4. The van der Waals surface area contributed by atoms with Crippen molar-refractivity contribution < 1.29 is 12.9 Å². The Bertz CT molecular complexity index is 730. The van der Waals surface area contributed by atoms with Gasteiger partial charge in [-0.15, -0.1) is 24.0 Å². The number of likely N-dealkylation sites (N-methyl/N-ethyl adjacent to an activating group) is 1. The normalized spacial score (nSPS) is 20.1. The number of hydrogen-bond acceptors (Lipinski definition) is 6. The monoisotopic (exact) mass is 526 g/mol. The van der Waals surface area contributed by atoms with Gasteiger partial charge in [0.15, 0.2) is 5.96 Å². The van der Waals surface area contributed by atoms with Crippen LogP contribution in [0.2, 0.25) is 0 Å². The van der Waals surface area contributed by atoms with Crippen molar-refractivity contribution in [3.8, 4) is 0 Å². The average Bonchev–Trinajstić information content (AvgIpc) is 3.39. The molecule has 1 aliphatic carbocycles. The SMILES string of the molecule is CN=C(NCC(C)N(C)C1CC1)N1CCN(S(=O)(=O)Cc2ccon2)CC1.I. The Morgan fingerprint density at radius 1 is 1.39 bits per heavy atom.